The van der Waals surface area contributed by atoms with Crippen molar-refractivity contribution in [2.45, 2.75) is 76.8 Å². The van der Waals surface area contributed by atoms with E-state index in [4.69, 9.17) is 0 Å². The van der Waals surface area contributed by atoms with Crippen molar-refractivity contribution < 1.29 is 5.11 Å². The van der Waals surface area contributed by atoms with Gasteiger partial charge in [-0.05, 0) is 41.4 Å². The molecule has 20 heavy (non-hydrogen) atoms. The van der Waals surface area contributed by atoms with Crippen LogP contribution in [0, 0.1) is 0 Å². The van der Waals surface area contributed by atoms with Gasteiger partial charge in [-0.25, -0.2) is 0 Å². The minimum atomic E-state index is 0.400. The van der Waals surface area contributed by atoms with Crippen LogP contribution in [0.3, 0.4) is 0 Å². The minimum absolute atomic E-state index is 0.400. The molecule has 0 heterocycles. The number of benzene rings is 1. The first-order valence-electron chi connectivity index (χ1n) is 8.26. The topological polar surface area (TPSA) is 20.2 Å². The van der Waals surface area contributed by atoms with Crippen molar-refractivity contribution >= 4 is 13.9 Å². The number of phenolic OH excluding ortho intramolecular Hbond substituents is 1. The number of rotatable bonds is 3. The van der Waals surface area contributed by atoms with Gasteiger partial charge in [0.15, 0.2) is 0 Å². The van der Waals surface area contributed by atoms with Crippen LogP contribution in [-0.2, 0) is 0 Å². The van der Waals surface area contributed by atoms with Gasteiger partial charge in [0.05, 0.1) is 0 Å². The zero-order valence-electron chi connectivity index (χ0n) is 13.0. The second-order valence-electron chi connectivity index (χ2n) is 6.47. The zero-order chi connectivity index (χ0) is 14.4. The van der Waals surface area contributed by atoms with E-state index in [0.29, 0.717) is 11.7 Å². The molecule has 2 rings (SSSR count). The molecule has 0 radical (unpaired) electrons. The van der Waals surface area contributed by atoms with Crippen molar-refractivity contribution in [1.82, 2.24) is 0 Å². The van der Waals surface area contributed by atoms with Crippen LogP contribution in [0.5, 0.6) is 5.75 Å². The molecule has 0 spiro atoms. The van der Waals surface area contributed by atoms with E-state index < -0.39 is 0 Å². The van der Waals surface area contributed by atoms with Crippen LogP contribution < -0.4 is 5.30 Å². The Balaban J connectivity index is 1.98. The lowest BCUT2D eigenvalue weighted by molar-refractivity contribution is 0.465. The third kappa shape index (κ3) is 4.77. The molecular formula is C18H29OP. The Morgan fingerprint density at radius 2 is 1.60 bits per heavy atom. The normalized spacial score (nSPS) is 19.1. The summed E-state index contributed by atoms with van der Waals surface area (Å²) in [5, 5.41) is 11.5. The SMILES string of the molecule is CC(C)c1ccc(PC2CCCCCCCC2)cc1O. The molecular weight excluding hydrogens is 263 g/mol. The van der Waals surface area contributed by atoms with Crippen LogP contribution in [0.15, 0.2) is 18.2 Å². The fourth-order valence-corrected chi connectivity index (χ4v) is 4.70. The molecule has 1 fully saturated rings. The van der Waals surface area contributed by atoms with Gasteiger partial charge in [0.25, 0.3) is 0 Å². The predicted octanol–water partition coefficient (Wildman–Crippen LogP) is 5.32. The van der Waals surface area contributed by atoms with Gasteiger partial charge >= 0.3 is 0 Å². The molecule has 0 bridgehead atoms. The molecule has 1 aromatic rings. The van der Waals surface area contributed by atoms with Crippen LogP contribution >= 0.6 is 8.58 Å². The van der Waals surface area contributed by atoms with E-state index in [9.17, 15) is 5.11 Å². The van der Waals surface area contributed by atoms with Crippen molar-refractivity contribution in [3.8, 4) is 5.75 Å². The van der Waals surface area contributed by atoms with Gasteiger partial charge in [0.2, 0.25) is 0 Å². The summed E-state index contributed by atoms with van der Waals surface area (Å²) >= 11 is 0. The number of hydrogen-bond donors (Lipinski definition) is 1. The van der Waals surface area contributed by atoms with Crippen LogP contribution in [0.2, 0.25) is 0 Å². The maximum atomic E-state index is 10.1. The Hall–Kier alpha value is -0.550. The Kier molecular flexibility index (Phi) is 6.36. The van der Waals surface area contributed by atoms with Crippen molar-refractivity contribution in [3.63, 3.8) is 0 Å². The largest absolute Gasteiger partial charge is 0.508 e. The highest BCUT2D eigenvalue weighted by molar-refractivity contribution is 7.48. The number of phenols is 1. The monoisotopic (exact) mass is 292 g/mol. The molecule has 0 aliphatic heterocycles. The minimum Gasteiger partial charge on any atom is -0.508 e. The fourth-order valence-electron chi connectivity index (χ4n) is 3.13. The van der Waals surface area contributed by atoms with Crippen molar-refractivity contribution in [2.24, 2.45) is 0 Å². The summed E-state index contributed by atoms with van der Waals surface area (Å²) in [5.41, 5.74) is 1.92. The Morgan fingerprint density at radius 3 is 2.15 bits per heavy atom. The van der Waals surface area contributed by atoms with E-state index in [1.54, 1.807) is 0 Å². The second kappa shape index (κ2) is 8.03. The van der Waals surface area contributed by atoms with Gasteiger partial charge in [0.1, 0.15) is 5.75 Å². The van der Waals surface area contributed by atoms with E-state index in [1.807, 2.05) is 6.07 Å². The van der Waals surface area contributed by atoms with E-state index >= 15 is 0 Å². The molecule has 0 saturated heterocycles. The van der Waals surface area contributed by atoms with Crippen LogP contribution in [0.25, 0.3) is 0 Å². The first-order chi connectivity index (χ1) is 9.66. The molecule has 1 saturated carbocycles. The maximum absolute atomic E-state index is 10.1. The summed E-state index contributed by atoms with van der Waals surface area (Å²) in [5.74, 6) is 0.894. The number of aromatic hydroxyl groups is 1. The van der Waals surface area contributed by atoms with Crippen LogP contribution in [-0.4, -0.2) is 10.8 Å². The summed E-state index contributed by atoms with van der Waals surface area (Å²) < 4.78 is 0. The summed E-state index contributed by atoms with van der Waals surface area (Å²) in [6.07, 6.45) is 11.2. The second-order valence-corrected chi connectivity index (χ2v) is 8.15. The zero-order valence-corrected chi connectivity index (χ0v) is 14.0. The molecule has 1 nitrogen and oxygen atoms in total. The lowest BCUT2D eigenvalue weighted by Crippen LogP contribution is -2.07. The Morgan fingerprint density at radius 1 is 1.00 bits per heavy atom. The number of hydrogen-bond acceptors (Lipinski definition) is 1. The van der Waals surface area contributed by atoms with Gasteiger partial charge in [-0.3, -0.25) is 0 Å². The highest BCUT2D eigenvalue weighted by Crippen LogP contribution is 2.32. The lowest BCUT2D eigenvalue weighted by atomic mass is 10.0. The average Bonchev–Trinajstić information content (AvgIpc) is 2.52. The van der Waals surface area contributed by atoms with E-state index in [0.717, 1.165) is 19.8 Å². The van der Waals surface area contributed by atoms with Crippen LogP contribution in [0.1, 0.15) is 76.7 Å². The van der Waals surface area contributed by atoms with Gasteiger partial charge in [-0.15, -0.1) is 0 Å². The molecule has 1 aliphatic carbocycles. The Labute approximate surface area is 126 Å². The lowest BCUT2D eigenvalue weighted by Gasteiger charge is -2.17. The molecule has 1 atom stereocenters. The van der Waals surface area contributed by atoms with Gasteiger partial charge in [-0.2, -0.15) is 0 Å². The van der Waals surface area contributed by atoms with Gasteiger partial charge < -0.3 is 5.11 Å². The molecule has 1 unspecified atom stereocenters. The maximum Gasteiger partial charge on any atom is 0.119 e. The summed E-state index contributed by atoms with van der Waals surface area (Å²) in [7, 11) is 0.869. The molecule has 1 aromatic carbocycles. The van der Waals surface area contributed by atoms with E-state index in [1.165, 1.54) is 56.7 Å². The van der Waals surface area contributed by atoms with Crippen molar-refractivity contribution in [3.05, 3.63) is 23.8 Å². The first kappa shape index (κ1) is 15.8. The van der Waals surface area contributed by atoms with E-state index in [-0.39, 0.29) is 0 Å². The predicted molar refractivity (Wildman–Crippen MR) is 90.9 cm³/mol. The fraction of sp³-hybridized carbons (Fsp3) is 0.667. The molecule has 1 aliphatic rings. The highest BCUT2D eigenvalue weighted by atomic mass is 31.1. The smallest absolute Gasteiger partial charge is 0.119 e. The standard InChI is InChI=1S/C18H29OP/c1-14(2)17-12-11-16(13-18(17)19)20-15-9-7-5-3-4-6-8-10-15/h11-15,19-20H,3-10H2,1-2H3. The first-order valence-corrected chi connectivity index (χ1v) is 9.34. The van der Waals surface area contributed by atoms with Gasteiger partial charge in [-0.1, -0.05) is 73.1 Å². The highest BCUT2D eigenvalue weighted by Gasteiger charge is 2.13. The molecule has 0 amide bonds. The summed E-state index contributed by atoms with van der Waals surface area (Å²) in [6.45, 7) is 4.27. The van der Waals surface area contributed by atoms with Gasteiger partial charge in [0, 0.05) is 0 Å². The molecule has 0 aromatic heterocycles. The molecule has 1 N–H and O–H groups in total. The third-order valence-electron chi connectivity index (χ3n) is 4.38. The molecule has 2 heteroatoms. The quantitative estimate of drug-likeness (QED) is 0.747. The van der Waals surface area contributed by atoms with Crippen LogP contribution in [0.4, 0.5) is 0 Å². The average molecular weight is 292 g/mol. The van der Waals surface area contributed by atoms with E-state index in [2.05, 4.69) is 26.0 Å². The molecule has 112 valence electrons. The third-order valence-corrected chi connectivity index (χ3v) is 6.01. The summed E-state index contributed by atoms with van der Waals surface area (Å²) in [6, 6.07) is 6.37. The Bertz CT molecular complexity index is 404. The summed E-state index contributed by atoms with van der Waals surface area (Å²) in [4.78, 5) is 0. The van der Waals surface area contributed by atoms with Crippen molar-refractivity contribution in [2.75, 3.05) is 0 Å². The van der Waals surface area contributed by atoms with Crippen molar-refractivity contribution in [1.29, 1.82) is 0 Å².